The second-order valence-electron chi connectivity index (χ2n) is 4.49. The van der Waals surface area contributed by atoms with Gasteiger partial charge in [0, 0.05) is 12.2 Å². The lowest BCUT2D eigenvalue weighted by atomic mass is 9.90. The molecule has 0 radical (unpaired) electrons. The van der Waals surface area contributed by atoms with Gasteiger partial charge in [-0.3, -0.25) is 10.1 Å². The maximum Gasteiger partial charge on any atom is 0.328 e. The van der Waals surface area contributed by atoms with E-state index in [1.54, 1.807) is 6.92 Å². The van der Waals surface area contributed by atoms with Gasteiger partial charge in [0.15, 0.2) is 5.82 Å². The molecular weight excluding hydrogens is 244 g/mol. The summed E-state index contributed by atoms with van der Waals surface area (Å²) in [6.07, 6.45) is 0.746. The predicted molar refractivity (Wildman–Crippen MR) is 70.0 cm³/mol. The van der Waals surface area contributed by atoms with Crippen molar-refractivity contribution in [2.45, 2.75) is 19.3 Å². The average molecular weight is 258 g/mol. The molecule has 0 fully saturated rings. The van der Waals surface area contributed by atoms with Gasteiger partial charge in [-0.2, -0.15) is 4.98 Å². The zero-order valence-electron chi connectivity index (χ0n) is 10.5. The molecular formula is C13H14N4O2. The minimum atomic E-state index is -0.190. The zero-order chi connectivity index (χ0) is 13.2. The third kappa shape index (κ3) is 2.29. The van der Waals surface area contributed by atoms with Crippen molar-refractivity contribution in [3.8, 4) is 0 Å². The van der Waals surface area contributed by atoms with Crippen LogP contribution in [0.1, 0.15) is 23.7 Å². The van der Waals surface area contributed by atoms with Gasteiger partial charge in [0.2, 0.25) is 5.91 Å². The summed E-state index contributed by atoms with van der Waals surface area (Å²) >= 11 is 0. The van der Waals surface area contributed by atoms with Crippen molar-refractivity contribution in [2.24, 2.45) is 0 Å². The summed E-state index contributed by atoms with van der Waals surface area (Å²) in [6, 6.07) is 7.98. The molecule has 1 atom stereocenters. The second kappa shape index (κ2) is 4.72. The van der Waals surface area contributed by atoms with Crippen molar-refractivity contribution in [1.82, 2.24) is 10.1 Å². The molecule has 6 nitrogen and oxygen atoms in total. The molecule has 2 heterocycles. The Morgan fingerprint density at radius 1 is 1.47 bits per heavy atom. The summed E-state index contributed by atoms with van der Waals surface area (Å²) in [7, 11) is 0. The fourth-order valence-electron chi connectivity index (χ4n) is 2.28. The maximum absolute atomic E-state index is 12.3. The van der Waals surface area contributed by atoms with Crippen molar-refractivity contribution in [1.29, 1.82) is 0 Å². The fourth-order valence-corrected chi connectivity index (χ4v) is 2.28. The first kappa shape index (κ1) is 11.7. The van der Waals surface area contributed by atoms with E-state index < -0.39 is 0 Å². The van der Waals surface area contributed by atoms with Crippen LogP contribution in [0.5, 0.6) is 0 Å². The van der Waals surface area contributed by atoms with Gasteiger partial charge >= 0.3 is 6.01 Å². The number of carbonyl (C=O) groups is 1. The van der Waals surface area contributed by atoms with Crippen LogP contribution in [0.3, 0.4) is 0 Å². The SMILES string of the molecule is Cc1noc(NC(=O)C2CCNc3ccccc32)n1. The van der Waals surface area contributed by atoms with Crippen LogP contribution in [-0.4, -0.2) is 22.6 Å². The number of anilines is 2. The monoisotopic (exact) mass is 258 g/mol. The Bertz CT molecular complexity index is 608. The third-order valence-corrected chi connectivity index (χ3v) is 3.16. The number of amides is 1. The largest absolute Gasteiger partial charge is 0.385 e. The number of hydrogen-bond acceptors (Lipinski definition) is 5. The summed E-state index contributed by atoms with van der Waals surface area (Å²) in [6.45, 7) is 2.48. The molecule has 0 aliphatic carbocycles. The Kier molecular flexibility index (Phi) is 2.91. The van der Waals surface area contributed by atoms with Gasteiger partial charge < -0.3 is 9.84 Å². The van der Waals surface area contributed by atoms with Crippen molar-refractivity contribution >= 4 is 17.6 Å². The number of para-hydroxylation sites is 1. The summed E-state index contributed by atoms with van der Waals surface area (Å²) < 4.78 is 4.91. The van der Waals surface area contributed by atoms with Crippen molar-refractivity contribution in [2.75, 3.05) is 17.2 Å². The molecule has 0 spiro atoms. The van der Waals surface area contributed by atoms with Gasteiger partial charge in [0.1, 0.15) is 0 Å². The Hall–Kier alpha value is -2.37. The minimum absolute atomic E-state index is 0.113. The summed E-state index contributed by atoms with van der Waals surface area (Å²) in [5, 5.41) is 9.60. The first-order valence-electron chi connectivity index (χ1n) is 6.18. The van der Waals surface area contributed by atoms with Crippen LogP contribution < -0.4 is 10.6 Å². The van der Waals surface area contributed by atoms with Crippen LogP contribution in [0.15, 0.2) is 28.8 Å². The molecule has 2 N–H and O–H groups in total. The van der Waals surface area contributed by atoms with Crippen LogP contribution in [0.25, 0.3) is 0 Å². The lowest BCUT2D eigenvalue weighted by Crippen LogP contribution is -2.27. The van der Waals surface area contributed by atoms with Gasteiger partial charge in [-0.1, -0.05) is 23.4 Å². The van der Waals surface area contributed by atoms with E-state index >= 15 is 0 Å². The molecule has 1 aromatic carbocycles. The molecule has 0 saturated carbocycles. The smallest absolute Gasteiger partial charge is 0.328 e. The standard InChI is InChI=1S/C13H14N4O2/c1-8-15-13(19-17-8)16-12(18)10-6-7-14-11-5-3-2-4-9(10)11/h2-5,10,14H,6-7H2,1H3,(H,15,16,17,18). The van der Waals surface area contributed by atoms with Crippen LogP contribution >= 0.6 is 0 Å². The molecule has 1 amide bonds. The molecule has 3 rings (SSSR count). The van der Waals surface area contributed by atoms with E-state index in [-0.39, 0.29) is 17.8 Å². The molecule has 1 aliphatic heterocycles. The Morgan fingerprint density at radius 3 is 3.11 bits per heavy atom. The number of aromatic nitrogens is 2. The quantitative estimate of drug-likeness (QED) is 0.860. The highest BCUT2D eigenvalue weighted by molar-refractivity contribution is 5.95. The van der Waals surface area contributed by atoms with Crippen molar-refractivity contribution in [3.63, 3.8) is 0 Å². The number of nitrogens with one attached hydrogen (secondary N) is 2. The van der Waals surface area contributed by atoms with E-state index in [0.29, 0.717) is 5.82 Å². The van der Waals surface area contributed by atoms with Crippen LogP contribution in [0, 0.1) is 6.92 Å². The number of rotatable bonds is 2. The predicted octanol–water partition coefficient (Wildman–Crippen LogP) is 1.92. The number of hydrogen-bond donors (Lipinski definition) is 2. The van der Waals surface area contributed by atoms with E-state index in [4.69, 9.17) is 4.52 Å². The normalized spacial score (nSPS) is 17.4. The summed E-state index contributed by atoms with van der Waals surface area (Å²) in [4.78, 5) is 16.2. The number of nitrogens with zero attached hydrogens (tertiary/aromatic N) is 2. The van der Waals surface area contributed by atoms with E-state index in [0.717, 1.165) is 24.2 Å². The highest BCUT2D eigenvalue weighted by atomic mass is 16.5. The topological polar surface area (TPSA) is 80.0 Å². The minimum Gasteiger partial charge on any atom is -0.385 e. The van der Waals surface area contributed by atoms with Gasteiger partial charge in [-0.25, -0.2) is 0 Å². The Morgan fingerprint density at radius 2 is 2.32 bits per heavy atom. The fraction of sp³-hybridized carbons (Fsp3) is 0.308. The molecule has 1 aromatic heterocycles. The number of benzene rings is 1. The average Bonchev–Trinajstić information content (AvgIpc) is 2.83. The highest BCUT2D eigenvalue weighted by Crippen LogP contribution is 2.31. The zero-order valence-corrected chi connectivity index (χ0v) is 10.5. The van der Waals surface area contributed by atoms with Crippen molar-refractivity contribution < 1.29 is 9.32 Å². The van der Waals surface area contributed by atoms with Gasteiger partial charge in [-0.05, 0) is 25.0 Å². The van der Waals surface area contributed by atoms with Crippen LogP contribution in [0.2, 0.25) is 0 Å². The van der Waals surface area contributed by atoms with Crippen molar-refractivity contribution in [3.05, 3.63) is 35.7 Å². The highest BCUT2D eigenvalue weighted by Gasteiger charge is 2.27. The van der Waals surface area contributed by atoms with Gasteiger partial charge in [0.25, 0.3) is 0 Å². The van der Waals surface area contributed by atoms with E-state index in [9.17, 15) is 4.79 Å². The van der Waals surface area contributed by atoms with Crippen LogP contribution in [0.4, 0.5) is 11.7 Å². The second-order valence-corrected chi connectivity index (χ2v) is 4.49. The van der Waals surface area contributed by atoms with E-state index in [2.05, 4.69) is 20.8 Å². The van der Waals surface area contributed by atoms with E-state index in [1.165, 1.54) is 0 Å². The number of fused-ring (bicyclic) bond motifs is 1. The lowest BCUT2D eigenvalue weighted by molar-refractivity contribution is -0.117. The Balaban J connectivity index is 1.81. The third-order valence-electron chi connectivity index (χ3n) is 3.16. The van der Waals surface area contributed by atoms with Crippen LogP contribution in [-0.2, 0) is 4.79 Å². The number of carbonyl (C=O) groups excluding carboxylic acids is 1. The Labute approximate surface area is 110 Å². The molecule has 0 saturated heterocycles. The molecule has 6 heteroatoms. The molecule has 19 heavy (non-hydrogen) atoms. The summed E-state index contributed by atoms with van der Waals surface area (Å²) in [5.74, 6) is 0.197. The molecule has 1 unspecified atom stereocenters. The lowest BCUT2D eigenvalue weighted by Gasteiger charge is -2.25. The maximum atomic E-state index is 12.3. The first-order valence-corrected chi connectivity index (χ1v) is 6.18. The molecule has 2 aromatic rings. The summed E-state index contributed by atoms with van der Waals surface area (Å²) in [5.41, 5.74) is 2.01. The molecule has 0 bridgehead atoms. The molecule has 1 aliphatic rings. The molecule has 98 valence electrons. The first-order chi connectivity index (χ1) is 9.24. The number of aryl methyl sites for hydroxylation is 1. The van der Waals surface area contributed by atoms with Gasteiger partial charge in [-0.15, -0.1) is 0 Å². The van der Waals surface area contributed by atoms with E-state index in [1.807, 2.05) is 24.3 Å². The van der Waals surface area contributed by atoms with Gasteiger partial charge in [0.05, 0.1) is 5.92 Å².